The van der Waals surface area contributed by atoms with Gasteiger partial charge in [0.2, 0.25) is 0 Å². The predicted octanol–water partition coefficient (Wildman–Crippen LogP) is 0.306. The highest BCUT2D eigenvalue weighted by atomic mass is 28.4. The second kappa shape index (κ2) is 5.77. The van der Waals surface area contributed by atoms with Crippen LogP contribution in [0.15, 0.2) is 0 Å². The van der Waals surface area contributed by atoms with Crippen molar-refractivity contribution in [3.63, 3.8) is 0 Å². The van der Waals surface area contributed by atoms with Crippen molar-refractivity contribution in [2.24, 2.45) is 0 Å². The second-order valence-electron chi connectivity index (χ2n) is 2.40. The molecule has 0 radical (unpaired) electrons. The van der Waals surface area contributed by atoms with Crippen molar-refractivity contribution < 1.29 is 13.3 Å². The summed E-state index contributed by atoms with van der Waals surface area (Å²) >= 11 is 0. The molecule has 11 heavy (non-hydrogen) atoms. The van der Waals surface area contributed by atoms with Crippen molar-refractivity contribution in [1.29, 1.82) is 0 Å². The highest BCUT2D eigenvalue weighted by Gasteiger charge is 2.36. The molecule has 0 N–H and O–H groups in total. The van der Waals surface area contributed by atoms with Gasteiger partial charge in [0.1, 0.15) is 7.85 Å². The van der Waals surface area contributed by atoms with E-state index >= 15 is 0 Å². The van der Waals surface area contributed by atoms with E-state index in [4.69, 9.17) is 13.3 Å². The smallest absolute Gasteiger partial charge is 0.377 e. The maximum Gasteiger partial charge on any atom is 0.500 e. The molecular formula is C6H17BO3Si. The van der Waals surface area contributed by atoms with Gasteiger partial charge in [0, 0.05) is 27.4 Å². The number of hydrogen-bond donors (Lipinski definition) is 0. The summed E-state index contributed by atoms with van der Waals surface area (Å²) < 4.78 is 15.7. The lowest BCUT2D eigenvalue weighted by Crippen LogP contribution is -2.42. The van der Waals surface area contributed by atoms with Crippen molar-refractivity contribution in [3.8, 4) is 0 Å². The molecule has 0 aliphatic heterocycles. The SMILES string of the molecule is BCCC[Si](OC)(OC)OC. The summed E-state index contributed by atoms with van der Waals surface area (Å²) in [5.41, 5.74) is 0. The third-order valence-electron chi connectivity index (χ3n) is 1.77. The summed E-state index contributed by atoms with van der Waals surface area (Å²) in [6, 6.07) is 0.910. The summed E-state index contributed by atoms with van der Waals surface area (Å²) in [7, 11) is 4.84. The molecule has 0 aliphatic carbocycles. The third-order valence-corrected chi connectivity index (χ3v) is 4.60. The Hall–Kier alpha value is 0.162. The standard InChI is InChI=1S/C6H17BO3Si/c1-8-11(9-2,10-3)6-4-5-7/h4-7H2,1-3H3. The van der Waals surface area contributed by atoms with Gasteiger partial charge in [-0.25, -0.2) is 0 Å². The Balaban J connectivity index is 3.84. The molecule has 0 aliphatic rings. The normalized spacial score (nSPS) is 11.9. The van der Waals surface area contributed by atoms with Crippen LogP contribution in [0.25, 0.3) is 0 Å². The average molecular weight is 176 g/mol. The summed E-state index contributed by atoms with van der Waals surface area (Å²) in [5.74, 6) is 0. The molecule has 0 saturated heterocycles. The second-order valence-corrected chi connectivity index (χ2v) is 5.49. The van der Waals surface area contributed by atoms with E-state index < -0.39 is 8.80 Å². The molecular weight excluding hydrogens is 159 g/mol. The molecule has 0 rings (SSSR count). The van der Waals surface area contributed by atoms with Gasteiger partial charge in [0.05, 0.1) is 0 Å². The maximum absolute atomic E-state index is 5.23. The highest BCUT2D eigenvalue weighted by Crippen LogP contribution is 2.15. The first-order valence-corrected chi connectivity index (χ1v) is 5.83. The fourth-order valence-corrected chi connectivity index (χ4v) is 2.85. The van der Waals surface area contributed by atoms with Gasteiger partial charge >= 0.3 is 8.80 Å². The average Bonchev–Trinajstić information content (AvgIpc) is 2.08. The van der Waals surface area contributed by atoms with Gasteiger partial charge < -0.3 is 13.3 Å². The van der Waals surface area contributed by atoms with E-state index in [0.29, 0.717) is 0 Å². The Kier molecular flexibility index (Phi) is 5.85. The van der Waals surface area contributed by atoms with E-state index in [1.54, 1.807) is 21.3 Å². The van der Waals surface area contributed by atoms with Crippen LogP contribution in [0.1, 0.15) is 6.42 Å². The predicted molar refractivity (Wildman–Crippen MR) is 49.6 cm³/mol. The number of hydrogen-bond acceptors (Lipinski definition) is 3. The van der Waals surface area contributed by atoms with E-state index in [0.717, 1.165) is 18.8 Å². The minimum absolute atomic E-state index is 0.910. The van der Waals surface area contributed by atoms with E-state index in [1.807, 2.05) is 0 Å². The molecule has 5 heteroatoms. The van der Waals surface area contributed by atoms with Gasteiger partial charge in [-0.2, -0.15) is 0 Å². The zero-order valence-electron chi connectivity index (χ0n) is 7.85. The summed E-state index contributed by atoms with van der Waals surface area (Å²) in [5, 5.41) is 0. The van der Waals surface area contributed by atoms with E-state index in [2.05, 4.69) is 7.85 Å². The van der Waals surface area contributed by atoms with Gasteiger partial charge in [-0.3, -0.25) is 0 Å². The molecule has 0 spiro atoms. The first-order chi connectivity index (χ1) is 5.24. The van der Waals surface area contributed by atoms with Crippen LogP contribution < -0.4 is 0 Å². The maximum atomic E-state index is 5.23. The molecule has 0 unspecified atom stereocenters. The Morgan fingerprint density at radius 3 is 1.82 bits per heavy atom. The Morgan fingerprint density at radius 1 is 1.09 bits per heavy atom. The lowest BCUT2D eigenvalue weighted by atomic mass is 10.0. The fourth-order valence-electron chi connectivity index (χ4n) is 0.949. The minimum Gasteiger partial charge on any atom is -0.377 e. The fraction of sp³-hybridized carbons (Fsp3) is 1.00. The van der Waals surface area contributed by atoms with E-state index in [9.17, 15) is 0 Å². The zero-order chi connectivity index (χ0) is 8.74. The summed E-state index contributed by atoms with van der Waals surface area (Å²) in [6.07, 6.45) is 2.24. The first-order valence-electron chi connectivity index (χ1n) is 3.90. The van der Waals surface area contributed by atoms with E-state index in [-0.39, 0.29) is 0 Å². The molecule has 0 heterocycles. The lowest BCUT2D eigenvalue weighted by molar-refractivity contribution is 0.123. The molecule has 0 amide bonds. The molecule has 0 atom stereocenters. The van der Waals surface area contributed by atoms with Crippen LogP contribution in [0.2, 0.25) is 12.4 Å². The quantitative estimate of drug-likeness (QED) is 0.545. The van der Waals surface area contributed by atoms with Crippen LogP contribution in [0.4, 0.5) is 0 Å². The van der Waals surface area contributed by atoms with Crippen molar-refractivity contribution >= 4 is 16.7 Å². The summed E-state index contributed by atoms with van der Waals surface area (Å²) in [4.78, 5) is 0. The molecule has 0 bridgehead atoms. The molecule has 3 nitrogen and oxygen atoms in total. The molecule has 0 fully saturated rings. The Labute approximate surface area is 70.8 Å². The van der Waals surface area contributed by atoms with Crippen molar-refractivity contribution in [2.75, 3.05) is 21.3 Å². The van der Waals surface area contributed by atoms with Crippen LogP contribution in [0.5, 0.6) is 0 Å². The van der Waals surface area contributed by atoms with Crippen molar-refractivity contribution in [1.82, 2.24) is 0 Å². The third kappa shape index (κ3) is 3.38. The Bertz CT molecular complexity index is 89.6. The first kappa shape index (κ1) is 11.2. The van der Waals surface area contributed by atoms with Crippen molar-refractivity contribution in [3.05, 3.63) is 0 Å². The van der Waals surface area contributed by atoms with Crippen LogP contribution in [0, 0.1) is 0 Å². The molecule has 0 aromatic carbocycles. The van der Waals surface area contributed by atoms with Crippen LogP contribution in [0.3, 0.4) is 0 Å². The topological polar surface area (TPSA) is 27.7 Å². The zero-order valence-corrected chi connectivity index (χ0v) is 8.85. The van der Waals surface area contributed by atoms with Gasteiger partial charge in [-0.15, -0.1) is 0 Å². The van der Waals surface area contributed by atoms with E-state index in [1.165, 1.54) is 0 Å². The van der Waals surface area contributed by atoms with Crippen LogP contribution in [-0.2, 0) is 13.3 Å². The highest BCUT2D eigenvalue weighted by molar-refractivity contribution is 6.60. The number of rotatable bonds is 6. The summed E-state index contributed by atoms with van der Waals surface area (Å²) in [6.45, 7) is 0. The van der Waals surface area contributed by atoms with Crippen LogP contribution in [-0.4, -0.2) is 38.0 Å². The van der Waals surface area contributed by atoms with Gasteiger partial charge in [0.15, 0.2) is 0 Å². The Morgan fingerprint density at radius 2 is 1.55 bits per heavy atom. The molecule has 0 aromatic heterocycles. The molecule has 0 saturated carbocycles. The minimum atomic E-state index is -2.24. The van der Waals surface area contributed by atoms with Gasteiger partial charge in [-0.1, -0.05) is 12.7 Å². The van der Waals surface area contributed by atoms with Crippen LogP contribution >= 0.6 is 0 Å². The largest absolute Gasteiger partial charge is 0.500 e. The molecule has 0 aromatic rings. The van der Waals surface area contributed by atoms with Crippen molar-refractivity contribution in [2.45, 2.75) is 18.8 Å². The molecule has 66 valence electrons. The van der Waals surface area contributed by atoms with Gasteiger partial charge in [-0.05, 0) is 0 Å². The lowest BCUT2D eigenvalue weighted by Gasteiger charge is -2.23. The van der Waals surface area contributed by atoms with Gasteiger partial charge in [0.25, 0.3) is 0 Å². The monoisotopic (exact) mass is 176 g/mol.